The third-order valence-electron chi connectivity index (χ3n) is 10.7. The van der Waals surface area contributed by atoms with Gasteiger partial charge in [-0.1, -0.05) is 19.9 Å². The SMILES string of the molecule is COc1cc(OCC[C@H]2CCC3C4C(C)Cc5cc(OC6CCCCO6)ccc5C4CCC32C)ccc1C=O. The van der Waals surface area contributed by atoms with E-state index in [0.717, 1.165) is 61.9 Å². The van der Waals surface area contributed by atoms with Crippen LogP contribution in [0.25, 0.3) is 0 Å². The summed E-state index contributed by atoms with van der Waals surface area (Å²) in [6, 6.07) is 12.4. The van der Waals surface area contributed by atoms with Crippen LogP contribution in [0.15, 0.2) is 36.4 Å². The van der Waals surface area contributed by atoms with E-state index < -0.39 is 0 Å². The van der Waals surface area contributed by atoms with E-state index in [4.69, 9.17) is 18.9 Å². The lowest BCUT2D eigenvalue weighted by Gasteiger charge is -2.53. The van der Waals surface area contributed by atoms with Gasteiger partial charge in [-0.2, -0.15) is 0 Å². The van der Waals surface area contributed by atoms with Crippen molar-refractivity contribution < 1.29 is 23.7 Å². The average molecular weight is 533 g/mol. The van der Waals surface area contributed by atoms with Gasteiger partial charge in [0.15, 0.2) is 12.6 Å². The normalized spacial score (nSPS) is 33.4. The van der Waals surface area contributed by atoms with E-state index in [1.54, 1.807) is 18.7 Å². The Labute approximate surface area is 233 Å². The van der Waals surface area contributed by atoms with Gasteiger partial charge in [-0.25, -0.2) is 0 Å². The molecule has 6 rings (SSSR count). The molecule has 210 valence electrons. The van der Waals surface area contributed by atoms with Crippen LogP contribution in [0.3, 0.4) is 0 Å². The van der Waals surface area contributed by atoms with Crippen LogP contribution in [0.1, 0.15) is 92.6 Å². The predicted octanol–water partition coefficient (Wildman–Crippen LogP) is 7.60. The second kappa shape index (κ2) is 11.2. The van der Waals surface area contributed by atoms with Crippen molar-refractivity contribution in [1.82, 2.24) is 0 Å². The molecule has 2 saturated carbocycles. The fraction of sp³-hybridized carbons (Fsp3) is 0.618. The molecule has 0 radical (unpaired) electrons. The molecular formula is C34H44O5. The van der Waals surface area contributed by atoms with Crippen molar-refractivity contribution in [2.75, 3.05) is 20.3 Å². The summed E-state index contributed by atoms with van der Waals surface area (Å²) in [5, 5.41) is 0. The molecule has 0 spiro atoms. The van der Waals surface area contributed by atoms with Crippen molar-refractivity contribution in [2.24, 2.45) is 29.1 Å². The highest BCUT2D eigenvalue weighted by Gasteiger charge is 2.55. The highest BCUT2D eigenvalue weighted by molar-refractivity contribution is 5.79. The summed E-state index contributed by atoms with van der Waals surface area (Å²) in [7, 11) is 1.59. The zero-order chi connectivity index (χ0) is 27.0. The van der Waals surface area contributed by atoms with Gasteiger partial charge < -0.3 is 18.9 Å². The number of benzene rings is 2. The average Bonchev–Trinajstić information content (AvgIpc) is 3.29. The highest BCUT2D eigenvalue weighted by Crippen LogP contribution is 2.64. The Morgan fingerprint density at radius 3 is 2.72 bits per heavy atom. The number of ether oxygens (including phenoxy) is 4. The number of aldehydes is 1. The third kappa shape index (κ3) is 5.08. The minimum atomic E-state index is -0.0851. The van der Waals surface area contributed by atoms with Gasteiger partial charge in [0.1, 0.15) is 17.2 Å². The lowest BCUT2D eigenvalue weighted by molar-refractivity contribution is -0.105. The molecular weight excluding hydrogens is 488 g/mol. The van der Waals surface area contributed by atoms with E-state index in [1.807, 2.05) is 12.1 Å². The summed E-state index contributed by atoms with van der Waals surface area (Å²) in [6.45, 7) is 6.59. The van der Waals surface area contributed by atoms with E-state index in [-0.39, 0.29) is 6.29 Å². The largest absolute Gasteiger partial charge is 0.496 e. The number of fused-ring (bicyclic) bond motifs is 5. The lowest BCUT2D eigenvalue weighted by Crippen LogP contribution is -2.45. The molecule has 2 aromatic rings. The number of rotatable bonds is 8. The summed E-state index contributed by atoms with van der Waals surface area (Å²) in [5.74, 6) is 5.91. The third-order valence-corrected chi connectivity index (χ3v) is 10.7. The van der Waals surface area contributed by atoms with Crippen molar-refractivity contribution in [1.29, 1.82) is 0 Å². The molecule has 5 heteroatoms. The fourth-order valence-electron chi connectivity index (χ4n) is 8.76. The van der Waals surface area contributed by atoms with E-state index in [1.165, 1.54) is 37.7 Å². The minimum Gasteiger partial charge on any atom is -0.496 e. The van der Waals surface area contributed by atoms with Gasteiger partial charge in [-0.05, 0) is 122 Å². The zero-order valence-electron chi connectivity index (χ0n) is 23.8. The molecule has 5 nitrogen and oxygen atoms in total. The first kappa shape index (κ1) is 26.7. The maximum Gasteiger partial charge on any atom is 0.199 e. The molecule has 3 aliphatic carbocycles. The molecule has 1 saturated heterocycles. The molecule has 7 atom stereocenters. The van der Waals surface area contributed by atoms with Gasteiger partial charge in [0.05, 0.1) is 25.9 Å². The number of methoxy groups -OCH3 is 1. The maximum atomic E-state index is 11.2. The summed E-state index contributed by atoms with van der Waals surface area (Å²) in [5.41, 5.74) is 4.02. The smallest absolute Gasteiger partial charge is 0.199 e. The van der Waals surface area contributed by atoms with Crippen LogP contribution in [0, 0.1) is 29.1 Å². The summed E-state index contributed by atoms with van der Waals surface area (Å²) in [4.78, 5) is 11.2. The number of carbonyl (C=O) groups excluding carboxylic acids is 1. The van der Waals surface area contributed by atoms with Gasteiger partial charge in [-0.3, -0.25) is 4.79 Å². The Hall–Kier alpha value is -2.53. The number of carbonyl (C=O) groups is 1. The fourth-order valence-corrected chi connectivity index (χ4v) is 8.76. The molecule has 39 heavy (non-hydrogen) atoms. The van der Waals surface area contributed by atoms with Gasteiger partial charge in [0.25, 0.3) is 0 Å². The van der Waals surface area contributed by atoms with Gasteiger partial charge >= 0.3 is 0 Å². The minimum absolute atomic E-state index is 0.0851. The quantitative estimate of drug-likeness (QED) is 0.328. The maximum absolute atomic E-state index is 11.2. The Kier molecular flexibility index (Phi) is 7.63. The Morgan fingerprint density at radius 1 is 1.05 bits per heavy atom. The topological polar surface area (TPSA) is 54.0 Å². The number of hydrogen-bond donors (Lipinski definition) is 0. The first-order chi connectivity index (χ1) is 19.0. The van der Waals surface area contributed by atoms with Crippen molar-refractivity contribution >= 4 is 6.29 Å². The molecule has 0 N–H and O–H groups in total. The van der Waals surface area contributed by atoms with Crippen LogP contribution in [0.5, 0.6) is 17.2 Å². The molecule has 0 aromatic heterocycles. The van der Waals surface area contributed by atoms with Crippen molar-refractivity contribution in [3.05, 3.63) is 53.1 Å². The van der Waals surface area contributed by atoms with Crippen LogP contribution in [-0.2, 0) is 11.2 Å². The summed E-state index contributed by atoms with van der Waals surface area (Å²) >= 11 is 0. The van der Waals surface area contributed by atoms with Crippen molar-refractivity contribution in [2.45, 2.75) is 83.8 Å². The standard InChI is InChI=1S/C34H44O5/c1-22-18-24-19-27(39-32-6-4-5-16-38-32)10-11-28(24)29-13-15-34(2)25(8-12-30(34)33(22)29)14-17-37-26-9-7-23(21-35)31(20-26)36-3/h7,9-11,19-22,25,29-30,32-33H,4-6,8,12-18H2,1-3H3/t22?,25-,29?,30?,32?,33?,34?/m1/s1. The predicted molar refractivity (Wildman–Crippen MR) is 152 cm³/mol. The number of hydrogen-bond acceptors (Lipinski definition) is 5. The molecule has 4 aliphatic rings. The zero-order valence-corrected chi connectivity index (χ0v) is 23.8. The molecule has 6 unspecified atom stereocenters. The van der Waals surface area contributed by atoms with Crippen LogP contribution >= 0.6 is 0 Å². The van der Waals surface area contributed by atoms with Crippen molar-refractivity contribution in [3.63, 3.8) is 0 Å². The Balaban J connectivity index is 1.11. The van der Waals surface area contributed by atoms with Gasteiger partial charge in [0, 0.05) is 12.5 Å². The first-order valence-electron chi connectivity index (χ1n) is 15.2. The Morgan fingerprint density at radius 2 is 1.92 bits per heavy atom. The first-order valence-corrected chi connectivity index (χ1v) is 15.2. The van der Waals surface area contributed by atoms with Crippen molar-refractivity contribution in [3.8, 4) is 17.2 Å². The highest BCUT2D eigenvalue weighted by atomic mass is 16.7. The summed E-state index contributed by atoms with van der Waals surface area (Å²) < 4.78 is 23.6. The molecule has 0 amide bonds. The van der Waals surface area contributed by atoms with Crippen LogP contribution in [-0.4, -0.2) is 32.9 Å². The van der Waals surface area contributed by atoms with E-state index >= 15 is 0 Å². The molecule has 0 bridgehead atoms. The van der Waals surface area contributed by atoms with E-state index in [2.05, 4.69) is 32.0 Å². The van der Waals surface area contributed by atoms with Crippen LogP contribution in [0.4, 0.5) is 0 Å². The molecule has 1 heterocycles. The van der Waals surface area contributed by atoms with E-state index in [9.17, 15) is 4.79 Å². The van der Waals surface area contributed by atoms with Crippen LogP contribution in [0.2, 0.25) is 0 Å². The second-order valence-electron chi connectivity index (χ2n) is 12.7. The van der Waals surface area contributed by atoms with Gasteiger partial charge in [-0.15, -0.1) is 0 Å². The lowest BCUT2D eigenvalue weighted by atomic mass is 9.51. The summed E-state index contributed by atoms with van der Waals surface area (Å²) in [6.07, 6.45) is 11.5. The molecule has 3 fully saturated rings. The van der Waals surface area contributed by atoms with Crippen LogP contribution < -0.4 is 14.2 Å². The molecule has 1 aliphatic heterocycles. The van der Waals surface area contributed by atoms with Gasteiger partial charge in [0.2, 0.25) is 0 Å². The Bertz CT molecular complexity index is 1170. The second-order valence-corrected chi connectivity index (χ2v) is 12.7. The molecule has 2 aromatic carbocycles. The van der Waals surface area contributed by atoms with E-state index in [0.29, 0.717) is 41.1 Å². The monoisotopic (exact) mass is 532 g/mol.